The predicted molar refractivity (Wildman–Crippen MR) is 103 cm³/mol. The summed E-state index contributed by atoms with van der Waals surface area (Å²) in [4.78, 5) is 11.3. The van der Waals surface area contributed by atoms with Crippen LogP contribution >= 0.6 is 11.6 Å². The van der Waals surface area contributed by atoms with Crippen LogP contribution in [-0.2, 0) is 14.8 Å². The number of sulfonamides is 1. The number of amides is 1. The van der Waals surface area contributed by atoms with E-state index in [0.717, 1.165) is 0 Å². The summed E-state index contributed by atoms with van der Waals surface area (Å²) in [5, 5.41) is 2.74. The lowest BCUT2D eigenvalue weighted by atomic mass is 10.3. The molecule has 1 amide bonds. The van der Waals surface area contributed by atoms with Crippen LogP contribution in [0.25, 0.3) is 0 Å². The van der Waals surface area contributed by atoms with Crippen molar-refractivity contribution in [3.63, 3.8) is 0 Å². The normalized spacial score (nSPS) is 10.9. The molecule has 0 spiro atoms. The molecule has 2 aromatic rings. The first-order valence-electron chi connectivity index (χ1n) is 7.61. The average Bonchev–Trinajstić information content (AvgIpc) is 2.61. The molecule has 0 saturated heterocycles. The summed E-state index contributed by atoms with van der Waals surface area (Å²) in [6.45, 7) is 1.31. The molecule has 0 heterocycles. The quantitative estimate of drug-likeness (QED) is 0.721. The molecular weight excluding hydrogens is 396 g/mol. The fourth-order valence-electron chi connectivity index (χ4n) is 2.29. The Labute approximate surface area is 162 Å². The van der Waals surface area contributed by atoms with Crippen LogP contribution in [0.3, 0.4) is 0 Å². The summed E-state index contributed by atoms with van der Waals surface area (Å²) >= 11 is 6.08. The van der Waals surface area contributed by atoms with E-state index in [1.807, 2.05) is 0 Å². The van der Waals surface area contributed by atoms with Gasteiger partial charge < -0.3 is 19.5 Å². The number of halogens is 1. The van der Waals surface area contributed by atoms with Gasteiger partial charge in [-0.2, -0.15) is 0 Å². The summed E-state index contributed by atoms with van der Waals surface area (Å²) < 4.78 is 43.4. The van der Waals surface area contributed by atoms with Crippen LogP contribution in [0.15, 0.2) is 35.2 Å². The van der Waals surface area contributed by atoms with Gasteiger partial charge in [0.15, 0.2) is 0 Å². The van der Waals surface area contributed by atoms with E-state index in [9.17, 15) is 13.2 Å². The highest BCUT2D eigenvalue weighted by atomic mass is 35.5. The molecule has 0 unspecified atom stereocenters. The number of rotatable bonds is 7. The second kappa shape index (κ2) is 8.36. The van der Waals surface area contributed by atoms with Crippen LogP contribution in [0.1, 0.15) is 6.92 Å². The Morgan fingerprint density at radius 1 is 0.926 bits per heavy atom. The van der Waals surface area contributed by atoms with Gasteiger partial charge in [-0.05, 0) is 24.3 Å². The first-order valence-corrected chi connectivity index (χ1v) is 9.48. The standard InChI is InChI=1S/C17H19ClN2O6S/c1-10(21)19-13-7-11(5-6-15(13)24-2)27(22,23)20-14-8-12(18)16(25-3)9-17(14)26-4/h5-9,20H,1-4H3,(H,19,21). The van der Waals surface area contributed by atoms with Gasteiger partial charge in [0.05, 0.1) is 42.6 Å². The van der Waals surface area contributed by atoms with Crippen LogP contribution in [0.2, 0.25) is 5.02 Å². The van der Waals surface area contributed by atoms with E-state index in [1.165, 1.54) is 58.6 Å². The van der Waals surface area contributed by atoms with Gasteiger partial charge >= 0.3 is 0 Å². The van der Waals surface area contributed by atoms with Crippen LogP contribution in [0.4, 0.5) is 11.4 Å². The van der Waals surface area contributed by atoms with E-state index in [1.54, 1.807) is 0 Å². The predicted octanol–water partition coefficient (Wildman–Crippen LogP) is 3.13. The van der Waals surface area contributed by atoms with Gasteiger partial charge in [0.1, 0.15) is 17.2 Å². The number of carbonyl (C=O) groups excluding carboxylic acids is 1. The summed E-state index contributed by atoms with van der Waals surface area (Å²) in [5.74, 6) is 0.540. The smallest absolute Gasteiger partial charge is 0.262 e. The highest BCUT2D eigenvalue weighted by molar-refractivity contribution is 7.92. The molecule has 0 saturated carbocycles. The molecule has 2 aromatic carbocycles. The summed E-state index contributed by atoms with van der Waals surface area (Å²) in [6, 6.07) is 6.94. The number of ether oxygens (including phenoxy) is 3. The molecule has 27 heavy (non-hydrogen) atoms. The van der Waals surface area contributed by atoms with E-state index < -0.39 is 10.0 Å². The Morgan fingerprint density at radius 3 is 2.11 bits per heavy atom. The van der Waals surface area contributed by atoms with Crippen molar-refractivity contribution in [3.05, 3.63) is 35.4 Å². The van der Waals surface area contributed by atoms with Gasteiger partial charge in [-0.25, -0.2) is 8.42 Å². The van der Waals surface area contributed by atoms with Crippen molar-refractivity contribution in [3.8, 4) is 17.2 Å². The van der Waals surface area contributed by atoms with E-state index in [-0.39, 0.29) is 32.9 Å². The fourth-order valence-corrected chi connectivity index (χ4v) is 3.61. The number of anilines is 2. The minimum atomic E-state index is -4.00. The van der Waals surface area contributed by atoms with Gasteiger partial charge in [-0.15, -0.1) is 0 Å². The first kappa shape index (κ1) is 20.7. The van der Waals surface area contributed by atoms with Gasteiger partial charge in [0.2, 0.25) is 5.91 Å². The molecule has 10 heteroatoms. The maximum atomic E-state index is 12.8. The summed E-state index contributed by atoms with van der Waals surface area (Å²) in [5.41, 5.74) is 0.368. The van der Waals surface area contributed by atoms with Crippen molar-refractivity contribution in [1.82, 2.24) is 0 Å². The number of benzene rings is 2. The Kier molecular flexibility index (Phi) is 6.40. The third kappa shape index (κ3) is 4.75. The lowest BCUT2D eigenvalue weighted by molar-refractivity contribution is -0.114. The van der Waals surface area contributed by atoms with Crippen molar-refractivity contribution in [2.45, 2.75) is 11.8 Å². The maximum absolute atomic E-state index is 12.8. The third-order valence-corrected chi connectivity index (χ3v) is 5.17. The van der Waals surface area contributed by atoms with Crippen molar-refractivity contribution in [2.75, 3.05) is 31.4 Å². The molecule has 0 atom stereocenters. The topological polar surface area (TPSA) is 103 Å². The monoisotopic (exact) mass is 414 g/mol. The maximum Gasteiger partial charge on any atom is 0.262 e. The molecule has 0 radical (unpaired) electrons. The number of hydrogen-bond acceptors (Lipinski definition) is 6. The second-order valence-electron chi connectivity index (χ2n) is 5.34. The number of methoxy groups -OCH3 is 3. The van der Waals surface area contributed by atoms with Gasteiger partial charge in [0, 0.05) is 13.0 Å². The Morgan fingerprint density at radius 2 is 1.56 bits per heavy atom. The fraction of sp³-hybridized carbons (Fsp3) is 0.235. The SMILES string of the molecule is COc1cc(OC)c(NS(=O)(=O)c2ccc(OC)c(NC(C)=O)c2)cc1Cl. The number of nitrogens with one attached hydrogen (secondary N) is 2. The van der Waals surface area contributed by atoms with Gasteiger partial charge in [-0.1, -0.05) is 11.6 Å². The largest absolute Gasteiger partial charge is 0.495 e. The van der Waals surface area contributed by atoms with Crippen molar-refractivity contribution < 1.29 is 27.4 Å². The second-order valence-corrected chi connectivity index (χ2v) is 7.43. The van der Waals surface area contributed by atoms with Crippen molar-refractivity contribution in [1.29, 1.82) is 0 Å². The third-order valence-electron chi connectivity index (χ3n) is 3.51. The molecule has 0 aliphatic heterocycles. The molecule has 0 aliphatic carbocycles. The summed E-state index contributed by atoms with van der Waals surface area (Å²) in [7, 11) is 0.240. The highest BCUT2D eigenvalue weighted by Gasteiger charge is 2.20. The molecule has 146 valence electrons. The van der Waals surface area contributed by atoms with Crippen molar-refractivity contribution in [2.24, 2.45) is 0 Å². The van der Waals surface area contributed by atoms with E-state index in [2.05, 4.69) is 10.0 Å². The summed E-state index contributed by atoms with van der Waals surface area (Å²) in [6.07, 6.45) is 0. The average molecular weight is 415 g/mol. The zero-order valence-electron chi connectivity index (χ0n) is 15.1. The zero-order valence-corrected chi connectivity index (χ0v) is 16.7. The number of hydrogen-bond donors (Lipinski definition) is 2. The van der Waals surface area contributed by atoms with Crippen LogP contribution in [0.5, 0.6) is 17.2 Å². The van der Waals surface area contributed by atoms with Crippen molar-refractivity contribution >= 4 is 38.9 Å². The van der Waals surface area contributed by atoms with Crippen LogP contribution < -0.4 is 24.2 Å². The molecule has 0 aromatic heterocycles. The molecule has 2 N–H and O–H groups in total. The number of carbonyl (C=O) groups is 1. The zero-order chi connectivity index (χ0) is 20.2. The molecule has 0 aliphatic rings. The lowest BCUT2D eigenvalue weighted by Crippen LogP contribution is -2.15. The van der Waals surface area contributed by atoms with Gasteiger partial charge in [0.25, 0.3) is 10.0 Å². The Bertz CT molecular complexity index is 962. The minimum Gasteiger partial charge on any atom is -0.495 e. The van der Waals surface area contributed by atoms with Crippen LogP contribution in [-0.4, -0.2) is 35.7 Å². The van der Waals surface area contributed by atoms with Crippen LogP contribution in [0, 0.1) is 0 Å². The molecular formula is C17H19ClN2O6S. The highest BCUT2D eigenvalue weighted by Crippen LogP contribution is 2.37. The van der Waals surface area contributed by atoms with E-state index in [0.29, 0.717) is 11.5 Å². The Balaban J connectivity index is 2.45. The molecule has 0 fully saturated rings. The van der Waals surface area contributed by atoms with E-state index >= 15 is 0 Å². The minimum absolute atomic E-state index is 0.0824. The first-order chi connectivity index (χ1) is 12.7. The molecule has 2 rings (SSSR count). The van der Waals surface area contributed by atoms with E-state index in [4.69, 9.17) is 25.8 Å². The molecule has 0 bridgehead atoms. The lowest BCUT2D eigenvalue weighted by Gasteiger charge is -2.15. The molecule has 8 nitrogen and oxygen atoms in total. The Hall–Kier alpha value is -2.65. The van der Waals surface area contributed by atoms with Gasteiger partial charge in [-0.3, -0.25) is 9.52 Å².